The summed E-state index contributed by atoms with van der Waals surface area (Å²) in [5, 5.41) is 4.38. The molecule has 0 aliphatic heterocycles. The number of aromatic nitrogens is 2. The van der Waals surface area contributed by atoms with Crippen LogP contribution in [0.2, 0.25) is 0 Å². The summed E-state index contributed by atoms with van der Waals surface area (Å²) in [5.74, 6) is -0.156. The van der Waals surface area contributed by atoms with Crippen molar-refractivity contribution in [3.63, 3.8) is 0 Å². The van der Waals surface area contributed by atoms with E-state index in [1.165, 1.54) is 10.7 Å². The van der Waals surface area contributed by atoms with Crippen LogP contribution in [0.1, 0.15) is 40.3 Å². The molecule has 5 nitrogen and oxygen atoms in total. The number of para-hydroxylation sites is 1. The lowest BCUT2D eigenvalue weighted by atomic mass is 9.92. The van der Waals surface area contributed by atoms with E-state index in [1.54, 1.807) is 11.0 Å². The average molecular weight is 327 g/mol. The van der Waals surface area contributed by atoms with Crippen LogP contribution in [-0.2, 0) is 16.8 Å². The molecule has 24 heavy (non-hydrogen) atoms. The van der Waals surface area contributed by atoms with E-state index in [2.05, 4.69) is 5.10 Å². The van der Waals surface area contributed by atoms with Crippen LogP contribution in [0, 0.1) is 0 Å². The third kappa shape index (κ3) is 4.10. The van der Waals surface area contributed by atoms with Crippen LogP contribution in [0.3, 0.4) is 0 Å². The summed E-state index contributed by atoms with van der Waals surface area (Å²) < 4.78 is 1.25. The largest absolute Gasteiger partial charge is 0.308 e. The lowest BCUT2D eigenvalue weighted by Crippen LogP contribution is -2.41. The number of hydrogen-bond donors (Lipinski definition) is 0. The summed E-state index contributed by atoms with van der Waals surface area (Å²) in [6.07, 6.45) is 0. The van der Waals surface area contributed by atoms with Crippen molar-refractivity contribution < 1.29 is 4.79 Å². The molecule has 5 heteroatoms. The number of carbonyl (C=O) groups excluding carboxylic acids is 1. The number of rotatable bonds is 4. The number of carbonyl (C=O) groups is 1. The van der Waals surface area contributed by atoms with Gasteiger partial charge in [-0.3, -0.25) is 9.59 Å². The molecule has 0 radical (unpaired) electrons. The van der Waals surface area contributed by atoms with Gasteiger partial charge in [-0.1, -0.05) is 39.0 Å². The Bertz CT molecular complexity index is 758. The van der Waals surface area contributed by atoms with E-state index in [0.29, 0.717) is 0 Å². The minimum Gasteiger partial charge on any atom is -0.308 e. The molecule has 0 N–H and O–H groups in total. The fourth-order valence-corrected chi connectivity index (χ4v) is 2.49. The fraction of sp³-hybridized carbons (Fsp3) is 0.421. The van der Waals surface area contributed by atoms with Gasteiger partial charge in [0.15, 0.2) is 0 Å². The Morgan fingerprint density at radius 3 is 2.29 bits per heavy atom. The maximum absolute atomic E-state index is 12.8. The zero-order chi connectivity index (χ0) is 17.9. The molecule has 0 saturated heterocycles. The molecule has 128 valence electrons. The Morgan fingerprint density at radius 2 is 1.75 bits per heavy atom. The Morgan fingerprint density at radius 1 is 1.12 bits per heavy atom. The van der Waals surface area contributed by atoms with Gasteiger partial charge in [-0.25, -0.2) is 4.68 Å². The highest BCUT2D eigenvalue weighted by Gasteiger charge is 2.21. The van der Waals surface area contributed by atoms with Crippen LogP contribution in [-0.4, -0.2) is 21.7 Å². The van der Waals surface area contributed by atoms with Crippen LogP contribution in [0.25, 0.3) is 0 Å². The van der Waals surface area contributed by atoms with E-state index in [4.69, 9.17) is 0 Å². The van der Waals surface area contributed by atoms with Gasteiger partial charge in [0, 0.05) is 23.2 Å². The zero-order valence-electron chi connectivity index (χ0n) is 15.0. The molecule has 0 atom stereocenters. The van der Waals surface area contributed by atoms with Crippen LogP contribution in [0.15, 0.2) is 47.3 Å². The van der Waals surface area contributed by atoms with Crippen LogP contribution in [0.5, 0.6) is 0 Å². The number of nitrogens with zero attached hydrogens (tertiary/aromatic N) is 3. The van der Waals surface area contributed by atoms with Gasteiger partial charge in [0.1, 0.15) is 6.54 Å². The highest BCUT2D eigenvalue weighted by molar-refractivity contribution is 5.93. The van der Waals surface area contributed by atoms with Crippen molar-refractivity contribution in [2.24, 2.45) is 0 Å². The van der Waals surface area contributed by atoms with E-state index in [9.17, 15) is 9.59 Å². The fourth-order valence-electron chi connectivity index (χ4n) is 2.49. The number of benzene rings is 1. The Hall–Kier alpha value is -2.43. The molecule has 0 saturated carbocycles. The van der Waals surface area contributed by atoms with Crippen molar-refractivity contribution in [3.8, 4) is 0 Å². The molecule has 0 unspecified atom stereocenters. The molecule has 1 aromatic heterocycles. The third-order valence-corrected chi connectivity index (χ3v) is 3.74. The lowest BCUT2D eigenvalue weighted by Gasteiger charge is -2.27. The topological polar surface area (TPSA) is 55.2 Å². The second kappa shape index (κ2) is 6.99. The molecule has 1 heterocycles. The highest BCUT2D eigenvalue weighted by Crippen LogP contribution is 2.19. The van der Waals surface area contributed by atoms with Crippen molar-refractivity contribution in [1.29, 1.82) is 0 Å². The summed E-state index contributed by atoms with van der Waals surface area (Å²) in [7, 11) is 0. The monoisotopic (exact) mass is 327 g/mol. The van der Waals surface area contributed by atoms with Gasteiger partial charge in [0.2, 0.25) is 5.91 Å². The van der Waals surface area contributed by atoms with Gasteiger partial charge in [-0.2, -0.15) is 5.10 Å². The maximum Gasteiger partial charge on any atom is 0.267 e. The summed E-state index contributed by atoms with van der Waals surface area (Å²) in [4.78, 5) is 26.6. The summed E-state index contributed by atoms with van der Waals surface area (Å²) in [5.41, 5.74) is 1.15. The van der Waals surface area contributed by atoms with E-state index in [0.717, 1.165) is 11.4 Å². The van der Waals surface area contributed by atoms with Crippen molar-refractivity contribution >= 4 is 11.6 Å². The molecule has 0 fully saturated rings. The average Bonchev–Trinajstić information content (AvgIpc) is 2.49. The zero-order valence-corrected chi connectivity index (χ0v) is 15.0. The predicted octanol–water partition coefficient (Wildman–Crippen LogP) is 2.98. The summed E-state index contributed by atoms with van der Waals surface area (Å²) >= 11 is 0. The van der Waals surface area contributed by atoms with Gasteiger partial charge in [-0.05, 0) is 32.0 Å². The van der Waals surface area contributed by atoms with Crippen LogP contribution in [0.4, 0.5) is 5.69 Å². The van der Waals surface area contributed by atoms with Crippen molar-refractivity contribution in [2.75, 3.05) is 4.90 Å². The van der Waals surface area contributed by atoms with Gasteiger partial charge in [0.25, 0.3) is 5.56 Å². The van der Waals surface area contributed by atoms with Gasteiger partial charge >= 0.3 is 0 Å². The van der Waals surface area contributed by atoms with E-state index in [1.807, 2.05) is 65.0 Å². The van der Waals surface area contributed by atoms with Gasteiger partial charge < -0.3 is 4.90 Å². The molecular weight excluding hydrogens is 302 g/mol. The predicted molar refractivity (Wildman–Crippen MR) is 96.3 cm³/mol. The van der Waals surface area contributed by atoms with E-state index < -0.39 is 0 Å². The quantitative estimate of drug-likeness (QED) is 0.867. The van der Waals surface area contributed by atoms with Crippen molar-refractivity contribution in [3.05, 3.63) is 58.5 Å². The SMILES string of the molecule is CC(C)N(C(=O)Cn1nc(C(C)(C)C)ccc1=O)c1ccccc1. The lowest BCUT2D eigenvalue weighted by molar-refractivity contribution is -0.119. The standard InChI is InChI=1S/C19H25N3O2/c1-14(2)22(15-9-7-6-8-10-15)18(24)13-21-17(23)12-11-16(20-21)19(3,4)5/h6-12,14H,13H2,1-5H3. The number of anilines is 1. The van der Waals surface area contributed by atoms with E-state index in [-0.39, 0.29) is 29.5 Å². The van der Waals surface area contributed by atoms with Crippen LogP contribution >= 0.6 is 0 Å². The first-order valence-corrected chi connectivity index (χ1v) is 8.16. The Kier molecular flexibility index (Phi) is 5.22. The number of hydrogen-bond acceptors (Lipinski definition) is 3. The molecule has 2 aromatic rings. The maximum atomic E-state index is 12.8. The minimum absolute atomic E-state index is 0.0126. The third-order valence-electron chi connectivity index (χ3n) is 3.74. The van der Waals surface area contributed by atoms with Gasteiger partial charge in [-0.15, -0.1) is 0 Å². The molecule has 1 amide bonds. The second-order valence-corrected chi connectivity index (χ2v) is 7.16. The molecule has 2 rings (SSSR count). The normalized spacial score (nSPS) is 11.6. The van der Waals surface area contributed by atoms with Crippen LogP contribution < -0.4 is 10.5 Å². The van der Waals surface area contributed by atoms with Gasteiger partial charge in [0.05, 0.1) is 5.69 Å². The first-order chi connectivity index (χ1) is 11.2. The second-order valence-electron chi connectivity index (χ2n) is 7.16. The Balaban J connectivity index is 2.32. The highest BCUT2D eigenvalue weighted by atomic mass is 16.2. The minimum atomic E-state index is -0.270. The molecule has 0 bridgehead atoms. The number of amides is 1. The molecule has 0 aliphatic carbocycles. The van der Waals surface area contributed by atoms with Crippen molar-refractivity contribution in [2.45, 2.75) is 52.6 Å². The first-order valence-electron chi connectivity index (χ1n) is 8.16. The molecular formula is C19H25N3O2. The first kappa shape index (κ1) is 17.9. The Labute approximate surface area is 142 Å². The molecule has 0 spiro atoms. The van der Waals surface area contributed by atoms with Crippen molar-refractivity contribution in [1.82, 2.24) is 9.78 Å². The smallest absolute Gasteiger partial charge is 0.267 e. The summed E-state index contributed by atoms with van der Waals surface area (Å²) in [6.45, 7) is 9.90. The molecule has 0 aliphatic rings. The van der Waals surface area contributed by atoms with E-state index >= 15 is 0 Å². The summed E-state index contributed by atoms with van der Waals surface area (Å²) in [6, 6.07) is 12.7. The molecule has 1 aromatic carbocycles.